The predicted octanol–water partition coefficient (Wildman–Crippen LogP) is 1.02. The average molecular weight is 251 g/mol. The van der Waals surface area contributed by atoms with Crippen LogP contribution in [0.25, 0.3) is 0 Å². The Hall–Kier alpha value is -0.940. The molecule has 1 saturated heterocycles. The molecule has 0 amide bonds. The number of nitrogens with one attached hydrogen (secondary N) is 1. The molecular formula is C13H25N5. The molecule has 1 fully saturated rings. The van der Waals surface area contributed by atoms with E-state index >= 15 is 0 Å². The Morgan fingerprint density at radius 2 is 2.17 bits per heavy atom. The van der Waals surface area contributed by atoms with Crippen LogP contribution in [0.1, 0.15) is 33.5 Å². The van der Waals surface area contributed by atoms with Gasteiger partial charge in [-0.3, -0.25) is 9.58 Å². The van der Waals surface area contributed by atoms with Crippen LogP contribution in [0.2, 0.25) is 0 Å². The molecule has 18 heavy (non-hydrogen) atoms. The van der Waals surface area contributed by atoms with Crippen LogP contribution >= 0.6 is 0 Å². The quantitative estimate of drug-likeness (QED) is 0.852. The molecule has 1 aromatic heterocycles. The van der Waals surface area contributed by atoms with Crippen LogP contribution in [-0.2, 0) is 13.6 Å². The first-order chi connectivity index (χ1) is 8.38. The van der Waals surface area contributed by atoms with Gasteiger partial charge in [-0.15, -0.1) is 0 Å². The average Bonchev–Trinajstić information content (AvgIpc) is 2.62. The maximum Gasteiger partial charge on any atom is 0.140 e. The van der Waals surface area contributed by atoms with Crippen LogP contribution in [0.5, 0.6) is 0 Å². The molecule has 2 unspecified atom stereocenters. The number of hydrogen-bond donors (Lipinski definition) is 1. The van der Waals surface area contributed by atoms with Crippen molar-refractivity contribution in [1.82, 2.24) is 25.0 Å². The van der Waals surface area contributed by atoms with Crippen LogP contribution in [0.4, 0.5) is 0 Å². The van der Waals surface area contributed by atoms with Crippen LogP contribution in [0.15, 0.2) is 6.33 Å². The Bertz CT molecular complexity index is 392. The van der Waals surface area contributed by atoms with Crippen LogP contribution in [0.3, 0.4) is 0 Å². The first-order valence-electron chi connectivity index (χ1n) is 6.68. The SMILES string of the molecule is CC1CN(Cc2ncnn2C)C(C(C)(C)C)CN1. The monoisotopic (exact) mass is 251 g/mol. The molecule has 1 N–H and O–H groups in total. The van der Waals surface area contributed by atoms with Crippen LogP contribution in [-0.4, -0.2) is 44.8 Å². The second-order valence-corrected chi connectivity index (χ2v) is 6.42. The molecule has 1 aliphatic rings. The van der Waals surface area contributed by atoms with E-state index in [1.165, 1.54) is 0 Å². The summed E-state index contributed by atoms with van der Waals surface area (Å²) in [7, 11) is 1.96. The first kappa shape index (κ1) is 13.5. The number of rotatable bonds is 2. The molecule has 2 rings (SSSR count). The lowest BCUT2D eigenvalue weighted by molar-refractivity contribution is 0.0497. The van der Waals surface area contributed by atoms with Gasteiger partial charge in [0.2, 0.25) is 0 Å². The molecule has 0 saturated carbocycles. The van der Waals surface area contributed by atoms with E-state index in [-0.39, 0.29) is 5.41 Å². The molecule has 0 spiro atoms. The first-order valence-corrected chi connectivity index (χ1v) is 6.68. The number of nitrogens with zero attached hydrogens (tertiary/aromatic N) is 4. The van der Waals surface area contributed by atoms with Crippen molar-refractivity contribution in [2.24, 2.45) is 12.5 Å². The molecule has 1 aliphatic heterocycles. The van der Waals surface area contributed by atoms with Crippen molar-refractivity contribution in [3.8, 4) is 0 Å². The lowest BCUT2D eigenvalue weighted by Gasteiger charge is -2.45. The van der Waals surface area contributed by atoms with Crippen molar-refractivity contribution in [2.75, 3.05) is 13.1 Å². The smallest absolute Gasteiger partial charge is 0.140 e. The second-order valence-electron chi connectivity index (χ2n) is 6.42. The predicted molar refractivity (Wildman–Crippen MR) is 72.1 cm³/mol. The molecule has 0 bridgehead atoms. The minimum Gasteiger partial charge on any atom is -0.311 e. The molecule has 0 aliphatic carbocycles. The maximum absolute atomic E-state index is 4.34. The third-order valence-electron chi connectivity index (χ3n) is 3.76. The molecular weight excluding hydrogens is 226 g/mol. The van der Waals surface area contributed by atoms with Gasteiger partial charge in [0.1, 0.15) is 12.2 Å². The summed E-state index contributed by atoms with van der Waals surface area (Å²) < 4.78 is 1.87. The summed E-state index contributed by atoms with van der Waals surface area (Å²) in [6, 6.07) is 1.07. The minimum atomic E-state index is 0.270. The van der Waals surface area contributed by atoms with Gasteiger partial charge in [0, 0.05) is 32.2 Å². The molecule has 5 heteroatoms. The fourth-order valence-electron chi connectivity index (χ4n) is 2.66. The van der Waals surface area contributed by atoms with Gasteiger partial charge >= 0.3 is 0 Å². The van der Waals surface area contributed by atoms with E-state index in [2.05, 4.69) is 48.0 Å². The summed E-state index contributed by atoms with van der Waals surface area (Å²) in [5, 5.41) is 7.73. The fraction of sp³-hybridized carbons (Fsp3) is 0.846. The highest BCUT2D eigenvalue weighted by molar-refractivity contribution is 4.94. The van der Waals surface area contributed by atoms with Gasteiger partial charge in [0.25, 0.3) is 0 Å². The highest BCUT2D eigenvalue weighted by atomic mass is 15.3. The van der Waals surface area contributed by atoms with Gasteiger partial charge in [0.05, 0.1) is 6.54 Å². The molecule has 0 aromatic carbocycles. The summed E-state index contributed by atoms with van der Waals surface area (Å²) in [6.45, 7) is 12.1. The molecule has 102 valence electrons. The van der Waals surface area contributed by atoms with Crippen LogP contribution in [0, 0.1) is 5.41 Å². The molecule has 0 radical (unpaired) electrons. The van der Waals surface area contributed by atoms with E-state index in [9.17, 15) is 0 Å². The highest BCUT2D eigenvalue weighted by Gasteiger charge is 2.34. The van der Waals surface area contributed by atoms with E-state index in [0.29, 0.717) is 12.1 Å². The zero-order valence-corrected chi connectivity index (χ0v) is 12.1. The lowest BCUT2D eigenvalue weighted by Crippen LogP contribution is -2.59. The molecule has 2 atom stereocenters. The third kappa shape index (κ3) is 2.90. The second kappa shape index (κ2) is 4.97. The van der Waals surface area contributed by atoms with E-state index in [1.54, 1.807) is 6.33 Å². The molecule has 2 heterocycles. The highest BCUT2D eigenvalue weighted by Crippen LogP contribution is 2.27. The summed E-state index contributed by atoms with van der Waals surface area (Å²) in [5.41, 5.74) is 0.270. The van der Waals surface area contributed by atoms with Crippen molar-refractivity contribution < 1.29 is 0 Å². The Kier molecular flexibility index (Phi) is 3.73. The Labute approximate surface area is 110 Å². The zero-order chi connectivity index (χ0) is 13.3. The molecule has 1 aromatic rings. The van der Waals surface area contributed by atoms with E-state index in [0.717, 1.165) is 25.5 Å². The van der Waals surface area contributed by atoms with E-state index in [4.69, 9.17) is 0 Å². The third-order valence-corrected chi connectivity index (χ3v) is 3.76. The van der Waals surface area contributed by atoms with Crippen LogP contribution < -0.4 is 5.32 Å². The van der Waals surface area contributed by atoms with Crippen molar-refractivity contribution >= 4 is 0 Å². The minimum absolute atomic E-state index is 0.270. The summed E-state index contributed by atoms with van der Waals surface area (Å²) in [4.78, 5) is 6.87. The standard InChI is InChI=1S/C13H25N5/c1-10-7-18(8-12-15-9-16-17(12)5)11(6-14-10)13(2,3)4/h9-11,14H,6-8H2,1-5H3. The number of aryl methyl sites for hydroxylation is 1. The van der Waals surface area contributed by atoms with Crippen molar-refractivity contribution in [3.63, 3.8) is 0 Å². The van der Waals surface area contributed by atoms with E-state index in [1.807, 2.05) is 11.7 Å². The number of hydrogen-bond acceptors (Lipinski definition) is 4. The summed E-state index contributed by atoms with van der Waals surface area (Å²) in [6.07, 6.45) is 1.63. The Balaban J connectivity index is 2.13. The zero-order valence-electron chi connectivity index (χ0n) is 12.1. The summed E-state index contributed by atoms with van der Waals surface area (Å²) >= 11 is 0. The van der Waals surface area contributed by atoms with Crippen molar-refractivity contribution in [3.05, 3.63) is 12.2 Å². The van der Waals surface area contributed by atoms with Gasteiger partial charge in [-0.1, -0.05) is 20.8 Å². The normalized spacial score (nSPS) is 26.5. The van der Waals surface area contributed by atoms with Gasteiger partial charge < -0.3 is 5.32 Å². The fourth-order valence-corrected chi connectivity index (χ4v) is 2.66. The van der Waals surface area contributed by atoms with Gasteiger partial charge in [-0.25, -0.2) is 4.98 Å². The largest absolute Gasteiger partial charge is 0.311 e. The number of piperazine rings is 1. The van der Waals surface area contributed by atoms with E-state index < -0.39 is 0 Å². The van der Waals surface area contributed by atoms with Crippen molar-refractivity contribution in [1.29, 1.82) is 0 Å². The number of aromatic nitrogens is 3. The van der Waals surface area contributed by atoms with Gasteiger partial charge in [-0.2, -0.15) is 5.10 Å². The topological polar surface area (TPSA) is 46.0 Å². The maximum atomic E-state index is 4.34. The van der Waals surface area contributed by atoms with Gasteiger partial charge in [0.15, 0.2) is 0 Å². The van der Waals surface area contributed by atoms with Crippen molar-refractivity contribution in [2.45, 2.75) is 46.3 Å². The molecule has 5 nitrogen and oxygen atoms in total. The lowest BCUT2D eigenvalue weighted by atomic mass is 9.84. The summed E-state index contributed by atoms with van der Waals surface area (Å²) in [5.74, 6) is 1.04. The Morgan fingerprint density at radius 1 is 1.44 bits per heavy atom. The van der Waals surface area contributed by atoms with Gasteiger partial charge in [-0.05, 0) is 12.3 Å². The Morgan fingerprint density at radius 3 is 2.72 bits per heavy atom.